The van der Waals surface area contributed by atoms with Gasteiger partial charge in [0.05, 0.1) is 23.0 Å². The van der Waals surface area contributed by atoms with Gasteiger partial charge in [-0.3, -0.25) is 14.7 Å². The summed E-state index contributed by atoms with van der Waals surface area (Å²) in [4.78, 5) is 27.4. The second-order valence-corrected chi connectivity index (χ2v) is 6.06. The number of hydrogen-bond donors (Lipinski definition) is 3. The Hall–Kier alpha value is -3.74. The van der Waals surface area contributed by atoms with Gasteiger partial charge in [-0.15, -0.1) is 0 Å². The zero-order valence-corrected chi connectivity index (χ0v) is 14.1. The number of nitrogens with one attached hydrogen (secondary N) is 3. The maximum atomic E-state index is 13.3. The van der Waals surface area contributed by atoms with E-state index in [1.54, 1.807) is 12.1 Å². The Balaban J connectivity index is 1.56. The molecule has 0 saturated heterocycles. The summed E-state index contributed by atoms with van der Waals surface area (Å²) in [6.45, 7) is 0.0426. The lowest BCUT2D eigenvalue weighted by Gasteiger charge is -2.07. The van der Waals surface area contributed by atoms with Crippen molar-refractivity contribution < 1.29 is 9.18 Å². The van der Waals surface area contributed by atoms with Crippen LogP contribution in [0, 0.1) is 5.82 Å². The van der Waals surface area contributed by atoms with E-state index in [1.807, 2.05) is 30.3 Å². The summed E-state index contributed by atoms with van der Waals surface area (Å²) in [5.74, 6) is -0.770. The zero-order chi connectivity index (χ0) is 18.8. The third kappa shape index (κ3) is 3.35. The first kappa shape index (κ1) is 16.7. The number of halogens is 1. The fourth-order valence-corrected chi connectivity index (χ4v) is 2.90. The van der Waals surface area contributed by atoms with Crippen LogP contribution in [0.3, 0.4) is 0 Å². The van der Waals surface area contributed by atoms with Gasteiger partial charge in [0.1, 0.15) is 5.82 Å². The molecule has 2 heterocycles. The van der Waals surface area contributed by atoms with Gasteiger partial charge in [0, 0.05) is 17.7 Å². The summed E-state index contributed by atoms with van der Waals surface area (Å²) in [5, 5.41) is 10.2. The molecule has 6 nitrogen and oxygen atoms in total. The first-order chi connectivity index (χ1) is 13.1. The summed E-state index contributed by atoms with van der Waals surface area (Å²) in [5.41, 5.74) is 2.26. The molecule has 0 aliphatic carbocycles. The molecule has 3 N–H and O–H groups in total. The predicted octanol–water partition coefficient (Wildman–Crippen LogP) is 2.99. The highest BCUT2D eigenvalue weighted by Gasteiger charge is 2.15. The van der Waals surface area contributed by atoms with Crippen LogP contribution in [-0.4, -0.2) is 21.1 Å². The van der Waals surface area contributed by atoms with Gasteiger partial charge in [0.15, 0.2) is 0 Å². The first-order valence-electron chi connectivity index (χ1n) is 8.30. The van der Waals surface area contributed by atoms with E-state index in [-0.39, 0.29) is 18.0 Å². The fraction of sp³-hybridized carbons (Fsp3) is 0.0500. The molecule has 27 heavy (non-hydrogen) atoms. The quantitative estimate of drug-likeness (QED) is 0.521. The SMILES string of the molecule is O=C(NCc1cc2ccc(F)cc2[nH]c1=O)c1cn[nH]c1-c1ccccc1. The predicted molar refractivity (Wildman–Crippen MR) is 99.7 cm³/mol. The number of nitrogens with zero attached hydrogens (tertiary/aromatic N) is 1. The van der Waals surface area contributed by atoms with E-state index < -0.39 is 5.82 Å². The van der Waals surface area contributed by atoms with E-state index >= 15 is 0 Å². The van der Waals surface area contributed by atoms with Gasteiger partial charge in [-0.2, -0.15) is 5.10 Å². The highest BCUT2D eigenvalue weighted by atomic mass is 19.1. The fourth-order valence-electron chi connectivity index (χ4n) is 2.90. The van der Waals surface area contributed by atoms with Gasteiger partial charge in [-0.05, 0) is 29.7 Å². The molecule has 134 valence electrons. The number of fused-ring (bicyclic) bond motifs is 1. The smallest absolute Gasteiger partial charge is 0.255 e. The number of hydrogen-bond acceptors (Lipinski definition) is 3. The third-order valence-electron chi connectivity index (χ3n) is 4.27. The lowest BCUT2D eigenvalue weighted by molar-refractivity contribution is 0.0951. The first-order valence-corrected chi connectivity index (χ1v) is 8.30. The van der Waals surface area contributed by atoms with E-state index in [0.29, 0.717) is 27.7 Å². The molecule has 1 amide bonds. The van der Waals surface area contributed by atoms with E-state index in [2.05, 4.69) is 20.5 Å². The second-order valence-electron chi connectivity index (χ2n) is 6.06. The van der Waals surface area contributed by atoms with Crippen LogP contribution in [0.15, 0.2) is 65.6 Å². The molecule has 0 aliphatic rings. The molecule has 2 aromatic carbocycles. The van der Waals surface area contributed by atoms with Crippen molar-refractivity contribution in [2.45, 2.75) is 6.54 Å². The number of aromatic nitrogens is 3. The van der Waals surface area contributed by atoms with Crippen LogP contribution in [0.1, 0.15) is 15.9 Å². The van der Waals surface area contributed by atoms with Crippen LogP contribution in [-0.2, 0) is 6.54 Å². The summed E-state index contributed by atoms with van der Waals surface area (Å²) in [6.07, 6.45) is 1.45. The Morgan fingerprint density at radius 1 is 1.11 bits per heavy atom. The molecule has 0 saturated carbocycles. The number of amides is 1. The Labute approximate surface area is 153 Å². The van der Waals surface area contributed by atoms with Crippen molar-refractivity contribution in [1.82, 2.24) is 20.5 Å². The average Bonchev–Trinajstić information content (AvgIpc) is 3.17. The number of aromatic amines is 2. The molecule has 0 aliphatic heterocycles. The maximum absolute atomic E-state index is 13.3. The summed E-state index contributed by atoms with van der Waals surface area (Å²) in [6, 6.07) is 15.2. The van der Waals surface area contributed by atoms with E-state index in [9.17, 15) is 14.0 Å². The summed E-state index contributed by atoms with van der Waals surface area (Å²) >= 11 is 0. The second kappa shape index (κ2) is 6.87. The largest absolute Gasteiger partial charge is 0.348 e. The molecular weight excluding hydrogens is 347 g/mol. The standard InChI is InChI=1S/C20H15FN4O2/c21-15-7-6-13-8-14(19(26)24-17(13)9-15)10-22-20(27)16-11-23-25-18(16)12-4-2-1-3-5-12/h1-9,11H,10H2,(H,22,27)(H,23,25)(H,24,26). The van der Waals surface area contributed by atoms with Crippen molar-refractivity contribution >= 4 is 16.8 Å². The molecular formula is C20H15FN4O2. The Kier molecular flexibility index (Phi) is 4.25. The molecule has 0 bridgehead atoms. The van der Waals surface area contributed by atoms with Crippen LogP contribution < -0.4 is 10.9 Å². The topological polar surface area (TPSA) is 90.6 Å². The number of carbonyl (C=O) groups excluding carboxylic acids is 1. The van der Waals surface area contributed by atoms with Crippen molar-refractivity contribution in [2.75, 3.05) is 0 Å². The molecule has 0 unspecified atom stereocenters. The highest BCUT2D eigenvalue weighted by Crippen LogP contribution is 2.20. The molecule has 4 aromatic rings. The van der Waals surface area contributed by atoms with Crippen molar-refractivity contribution in [1.29, 1.82) is 0 Å². The normalized spacial score (nSPS) is 10.9. The maximum Gasteiger partial charge on any atom is 0.255 e. The molecule has 7 heteroatoms. The van der Waals surface area contributed by atoms with Gasteiger partial charge in [0.2, 0.25) is 0 Å². The van der Waals surface area contributed by atoms with Crippen LogP contribution in [0.4, 0.5) is 4.39 Å². The highest BCUT2D eigenvalue weighted by molar-refractivity contribution is 5.99. The van der Waals surface area contributed by atoms with Crippen molar-refractivity contribution in [3.05, 3.63) is 88.1 Å². The number of pyridine rings is 1. The van der Waals surface area contributed by atoms with Gasteiger partial charge >= 0.3 is 0 Å². The molecule has 2 aromatic heterocycles. The monoisotopic (exact) mass is 362 g/mol. The lowest BCUT2D eigenvalue weighted by atomic mass is 10.1. The van der Waals surface area contributed by atoms with Gasteiger partial charge in [-0.1, -0.05) is 30.3 Å². The van der Waals surface area contributed by atoms with Crippen LogP contribution >= 0.6 is 0 Å². The van der Waals surface area contributed by atoms with E-state index in [1.165, 1.54) is 18.3 Å². The van der Waals surface area contributed by atoms with Gasteiger partial charge in [0.25, 0.3) is 11.5 Å². The molecule has 0 fully saturated rings. The number of H-pyrrole nitrogens is 2. The van der Waals surface area contributed by atoms with Crippen molar-refractivity contribution in [3.63, 3.8) is 0 Å². The van der Waals surface area contributed by atoms with E-state index in [4.69, 9.17) is 0 Å². The van der Waals surface area contributed by atoms with Gasteiger partial charge < -0.3 is 10.3 Å². The van der Waals surface area contributed by atoms with E-state index in [0.717, 1.165) is 5.56 Å². The average molecular weight is 362 g/mol. The number of rotatable bonds is 4. The minimum Gasteiger partial charge on any atom is -0.348 e. The summed E-state index contributed by atoms with van der Waals surface area (Å²) < 4.78 is 13.3. The molecule has 4 rings (SSSR count). The lowest BCUT2D eigenvalue weighted by Crippen LogP contribution is -2.26. The van der Waals surface area contributed by atoms with Crippen LogP contribution in [0.25, 0.3) is 22.2 Å². The van der Waals surface area contributed by atoms with Crippen molar-refractivity contribution in [3.8, 4) is 11.3 Å². The number of benzene rings is 2. The third-order valence-corrected chi connectivity index (χ3v) is 4.27. The Bertz CT molecular complexity index is 1180. The minimum atomic E-state index is -0.424. The molecule has 0 atom stereocenters. The van der Waals surface area contributed by atoms with Gasteiger partial charge in [-0.25, -0.2) is 4.39 Å². The Morgan fingerprint density at radius 3 is 2.74 bits per heavy atom. The van der Waals surface area contributed by atoms with Crippen LogP contribution in [0.5, 0.6) is 0 Å². The number of carbonyl (C=O) groups is 1. The minimum absolute atomic E-state index is 0.0426. The van der Waals surface area contributed by atoms with Crippen molar-refractivity contribution in [2.24, 2.45) is 0 Å². The zero-order valence-electron chi connectivity index (χ0n) is 14.1. The molecule has 0 spiro atoms. The van der Waals surface area contributed by atoms with Crippen LogP contribution in [0.2, 0.25) is 0 Å². The Morgan fingerprint density at radius 2 is 1.93 bits per heavy atom. The molecule has 0 radical (unpaired) electrons. The summed E-state index contributed by atoms with van der Waals surface area (Å²) in [7, 11) is 0.